The van der Waals surface area contributed by atoms with Crippen LogP contribution in [-0.2, 0) is 4.74 Å². The van der Waals surface area contributed by atoms with Crippen molar-refractivity contribution in [2.45, 2.75) is 142 Å². The van der Waals surface area contributed by atoms with Crippen LogP contribution in [-0.4, -0.2) is 18.0 Å². The highest BCUT2D eigenvalue weighted by atomic mass is 16.5. The topological polar surface area (TPSA) is 21.6 Å². The summed E-state index contributed by atoms with van der Waals surface area (Å²) in [5.74, 6) is 3.14. The van der Waals surface area contributed by atoms with Crippen LogP contribution in [0.15, 0.2) is 4.99 Å². The summed E-state index contributed by atoms with van der Waals surface area (Å²) in [6.45, 7) is 7.44. The molecule has 0 N–H and O–H groups in total. The van der Waals surface area contributed by atoms with Crippen LogP contribution in [0.2, 0.25) is 0 Å². The molecule has 0 bridgehead atoms. The molecule has 0 spiro atoms. The smallest absolute Gasteiger partial charge is 0.183 e. The molecule has 2 rings (SSSR count). The first kappa shape index (κ1) is 23.7. The number of aliphatic imine (C=N–C) groups is 1. The van der Waals surface area contributed by atoms with E-state index in [1.54, 1.807) is 0 Å². The summed E-state index contributed by atoms with van der Waals surface area (Å²) >= 11 is 0. The van der Waals surface area contributed by atoms with E-state index in [1.807, 2.05) is 0 Å². The van der Waals surface area contributed by atoms with E-state index in [4.69, 9.17) is 4.74 Å². The van der Waals surface area contributed by atoms with E-state index in [9.17, 15) is 0 Å². The van der Waals surface area contributed by atoms with Crippen molar-refractivity contribution >= 4 is 5.90 Å². The fourth-order valence-electron chi connectivity index (χ4n) is 5.30. The van der Waals surface area contributed by atoms with Gasteiger partial charge in [-0.25, -0.2) is 4.99 Å². The molecule has 28 heavy (non-hydrogen) atoms. The van der Waals surface area contributed by atoms with E-state index < -0.39 is 0 Å². The van der Waals surface area contributed by atoms with Gasteiger partial charge < -0.3 is 4.74 Å². The van der Waals surface area contributed by atoms with Gasteiger partial charge in [-0.2, -0.15) is 0 Å². The molecular weight excluding hydrogens is 342 g/mol. The first-order chi connectivity index (χ1) is 13.6. The first-order valence-electron chi connectivity index (χ1n) is 12.8. The Labute approximate surface area is 176 Å². The van der Waals surface area contributed by atoms with Crippen molar-refractivity contribution in [3.05, 3.63) is 0 Å². The average Bonchev–Trinajstić information content (AvgIpc) is 3.03. The molecule has 0 aromatic carbocycles. The van der Waals surface area contributed by atoms with Crippen molar-refractivity contribution < 1.29 is 4.74 Å². The third-order valence-corrected chi connectivity index (χ3v) is 6.96. The fraction of sp³-hybridized carbons (Fsp3) is 0.962. The van der Waals surface area contributed by atoms with Crippen LogP contribution in [0.5, 0.6) is 0 Å². The van der Waals surface area contributed by atoms with Gasteiger partial charge in [-0.3, -0.25) is 0 Å². The molecule has 1 heterocycles. The maximum atomic E-state index is 5.67. The Morgan fingerprint density at radius 2 is 1.32 bits per heavy atom. The second-order valence-electron chi connectivity index (χ2n) is 10.3. The van der Waals surface area contributed by atoms with E-state index >= 15 is 0 Å². The molecule has 0 saturated heterocycles. The lowest BCUT2D eigenvalue weighted by Gasteiger charge is -2.31. The number of unbranched alkanes of at least 4 members (excludes halogenated alkanes) is 9. The van der Waals surface area contributed by atoms with Gasteiger partial charge in [0.1, 0.15) is 6.61 Å². The molecule has 0 aromatic rings. The van der Waals surface area contributed by atoms with Crippen LogP contribution in [0, 0.1) is 11.8 Å². The second kappa shape index (κ2) is 13.6. The monoisotopic (exact) mass is 391 g/mol. The molecule has 1 saturated carbocycles. The van der Waals surface area contributed by atoms with Crippen LogP contribution in [0.4, 0.5) is 0 Å². The van der Waals surface area contributed by atoms with Crippen molar-refractivity contribution in [2.75, 3.05) is 6.61 Å². The van der Waals surface area contributed by atoms with E-state index in [0.717, 1.165) is 30.8 Å². The van der Waals surface area contributed by atoms with Crippen LogP contribution in [0.3, 0.4) is 0 Å². The zero-order chi connectivity index (χ0) is 20.1. The lowest BCUT2D eigenvalue weighted by atomic mass is 9.75. The lowest BCUT2D eigenvalue weighted by Crippen LogP contribution is -2.19. The van der Waals surface area contributed by atoms with Gasteiger partial charge in [0.25, 0.3) is 0 Å². The third kappa shape index (κ3) is 9.79. The Hall–Kier alpha value is -0.530. The molecule has 1 aliphatic heterocycles. The average molecular weight is 392 g/mol. The molecule has 0 aromatic heterocycles. The normalized spacial score (nSPS) is 24.2. The highest BCUT2D eigenvalue weighted by Gasteiger charge is 2.25. The van der Waals surface area contributed by atoms with Crippen LogP contribution >= 0.6 is 0 Å². The molecule has 0 radical (unpaired) electrons. The van der Waals surface area contributed by atoms with Crippen molar-refractivity contribution in [2.24, 2.45) is 16.8 Å². The third-order valence-electron chi connectivity index (χ3n) is 6.96. The molecule has 2 unspecified atom stereocenters. The van der Waals surface area contributed by atoms with Gasteiger partial charge in [0.05, 0.1) is 5.54 Å². The number of hydrogen-bond acceptors (Lipinski definition) is 2. The molecule has 2 atom stereocenters. The second-order valence-corrected chi connectivity index (χ2v) is 10.3. The fourth-order valence-corrected chi connectivity index (χ4v) is 5.30. The Morgan fingerprint density at radius 1 is 0.786 bits per heavy atom. The molecule has 164 valence electrons. The van der Waals surface area contributed by atoms with Gasteiger partial charge >= 0.3 is 0 Å². The lowest BCUT2D eigenvalue weighted by molar-refractivity contribution is 0.205. The van der Waals surface area contributed by atoms with Gasteiger partial charge in [0.15, 0.2) is 5.90 Å². The molecule has 1 aliphatic carbocycles. The quantitative estimate of drug-likeness (QED) is 0.256. The molecule has 2 nitrogen and oxygen atoms in total. The number of nitrogens with zero attached hydrogens (tertiary/aromatic N) is 1. The van der Waals surface area contributed by atoms with Gasteiger partial charge in [0, 0.05) is 6.42 Å². The minimum Gasteiger partial charge on any atom is -0.478 e. The highest BCUT2D eigenvalue weighted by molar-refractivity contribution is 5.78. The zero-order valence-electron chi connectivity index (χ0n) is 19.4. The maximum absolute atomic E-state index is 5.67. The molecule has 1 fully saturated rings. The number of ether oxygens (including phenoxy) is 1. The van der Waals surface area contributed by atoms with Gasteiger partial charge in [-0.1, -0.05) is 110 Å². The minimum atomic E-state index is 0.0168. The van der Waals surface area contributed by atoms with E-state index in [-0.39, 0.29) is 5.54 Å². The zero-order valence-corrected chi connectivity index (χ0v) is 19.4. The summed E-state index contributed by atoms with van der Waals surface area (Å²) in [5.41, 5.74) is 0.0168. The van der Waals surface area contributed by atoms with Crippen LogP contribution < -0.4 is 0 Å². The molecule has 2 aliphatic rings. The summed E-state index contributed by atoms with van der Waals surface area (Å²) in [6.07, 6.45) is 25.7. The number of hydrogen-bond donors (Lipinski definition) is 0. The van der Waals surface area contributed by atoms with Crippen molar-refractivity contribution in [1.82, 2.24) is 0 Å². The summed E-state index contributed by atoms with van der Waals surface area (Å²) in [4.78, 5) is 4.64. The Kier molecular flexibility index (Phi) is 11.6. The largest absolute Gasteiger partial charge is 0.478 e. The van der Waals surface area contributed by atoms with E-state index in [1.165, 1.54) is 109 Å². The molecule has 2 heteroatoms. The number of rotatable bonds is 15. The standard InChI is InChI=1S/C26H49NO/c1-4-17-23-19-15-16-20-24(23)18-13-11-9-7-5-6-8-10-12-14-21-25-27-26(2,3)22-28-25/h23-24H,4-22H2,1-3H3. The van der Waals surface area contributed by atoms with Gasteiger partial charge in [0.2, 0.25) is 0 Å². The van der Waals surface area contributed by atoms with Crippen molar-refractivity contribution in [1.29, 1.82) is 0 Å². The molecule has 0 amide bonds. The predicted molar refractivity (Wildman–Crippen MR) is 123 cm³/mol. The van der Waals surface area contributed by atoms with E-state index in [0.29, 0.717) is 0 Å². The Balaban J connectivity index is 1.34. The molecular formula is C26H49NO. The van der Waals surface area contributed by atoms with Gasteiger partial charge in [-0.15, -0.1) is 0 Å². The Bertz CT molecular complexity index is 426. The SMILES string of the molecule is CCCC1CCCCC1CCCCCCCCCCCCC1=NC(C)(C)CO1. The van der Waals surface area contributed by atoms with Gasteiger partial charge in [-0.05, 0) is 32.1 Å². The van der Waals surface area contributed by atoms with E-state index in [2.05, 4.69) is 25.8 Å². The summed E-state index contributed by atoms with van der Waals surface area (Å²) in [7, 11) is 0. The first-order valence-corrected chi connectivity index (χ1v) is 12.8. The van der Waals surface area contributed by atoms with Crippen molar-refractivity contribution in [3.63, 3.8) is 0 Å². The summed E-state index contributed by atoms with van der Waals surface area (Å²) < 4.78 is 5.67. The summed E-state index contributed by atoms with van der Waals surface area (Å²) in [5, 5.41) is 0. The maximum Gasteiger partial charge on any atom is 0.183 e. The minimum absolute atomic E-state index is 0.0168. The van der Waals surface area contributed by atoms with Crippen LogP contribution in [0.1, 0.15) is 136 Å². The van der Waals surface area contributed by atoms with Crippen molar-refractivity contribution in [3.8, 4) is 0 Å². The highest BCUT2D eigenvalue weighted by Crippen LogP contribution is 2.36. The Morgan fingerprint density at radius 3 is 1.86 bits per heavy atom. The predicted octanol–water partition coefficient (Wildman–Crippen LogP) is 8.48. The summed E-state index contributed by atoms with van der Waals surface area (Å²) in [6, 6.07) is 0. The van der Waals surface area contributed by atoms with Crippen LogP contribution in [0.25, 0.3) is 0 Å².